The number of rotatable bonds is 12. The van der Waals surface area contributed by atoms with Gasteiger partial charge in [-0.1, -0.05) is 90.5 Å². The quantitative estimate of drug-likeness (QED) is 0.120. The van der Waals surface area contributed by atoms with Crippen molar-refractivity contribution >= 4 is 34.8 Å². The van der Waals surface area contributed by atoms with E-state index in [1.54, 1.807) is 36.5 Å². The van der Waals surface area contributed by atoms with Crippen LogP contribution in [0.2, 0.25) is 10.3 Å². The van der Waals surface area contributed by atoms with Crippen molar-refractivity contribution in [1.29, 1.82) is 0 Å². The van der Waals surface area contributed by atoms with Gasteiger partial charge in [0.25, 0.3) is 5.91 Å². The zero-order valence-electron chi connectivity index (χ0n) is 25.9. The van der Waals surface area contributed by atoms with Crippen molar-refractivity contribution in [3.05, 3.63) is 160 Å². The number of aromatic nitrogens is 3. The molecular formula is C38H30Cl2N4O4. The summed E-state index contributed by atoms with van der Waals surface area (Å²) in [4.78, 5) is 28.9. The van der Waals surface area contributed by atoms with Crippen LogP contribution in [0, 0.1) is 0 Å². The number of carbonyl (C=O) groups is 1. The maximum atomic E-state index is 14.6. The van der Waals surface area contributed by atoms with Crippen molar-refractivity contribution < 1.29 is 19.0 Å². The lowest BCUT2D eigenvalue weighted by molar-refractivity contribution is 0.0980. The topological polar surface area (TPSA) is 86.7 Å². The minimum atomic E-state index is -0.325. The standard InChI is InChI=1S/C38H30Cl2N4O4/c1-46-35-22-42-38(40)43-36(35)29-14-16-30(17-15-29)44(23-28-13-8-18-41-21-28)37(45)31-19-32(39)34(48-25-27-11-6-3-7-12-27)20-33(31)47-24-26-9-4-2-5-10-26/h2-22H,23-25H2,1H3. The molecule has 0 bridgehead atoms. The van der Waals surface area contributed by atoms with Crippen molar-refractivity contribution in [3.8, 4) is 28.5 Å². The summed E-state index contributed by atoms with van der Waals surface area (Å²) in [6, 6.07) is 33.9. The van der Waals surface area contributed by atoms with Crippen LogP contribution in [-0.4, -0.2) is 28.0 Å². The van der Waals surface area contributed by atoms with Crippen molar-refractivity contribution in [2.75, 3.05) is 12.0 Å². The molecule has 48 heavy (non-hydrogen) atoms. The molecule has 0 fully saturated rings. The number of anilines is 1. The van der Waals surface area contributed by atoms with Gasteiger partial charge in [-0.3, -0.25) is 9.78 Å². The van der Waals surface area contributed by atoms with E-state index >= 15 is 0 Å². The number of nitrogens with zero attached hydrogens (tertiary/aromatic N) is 4. The third-order valence-corrected chi connectivity index (χ3v) is 7.92. The second-order valence-electron chi connectivity index (χ2n) is 10.7. The number of benzene rings is 4. The predicted octanol–water partition coefficient (Wildman–Crippen LogP) is 8.86. The highest BCUT2D eigenvalue weighted by molar-refractivity contribution is 6.32. The number of hydrogen-bond acceptors (Lipinski definition) is 7. The molecule has 1 amide bonds. The summed E-state index contributed by atoms with van der Waals surface area (Å²) < 4.78 is 17.8. The van der Waals surface area contributed by atoms with Gasteiger partial charge in [0.2, 0.25) is 5.28 Å². The van der Waals surface area contributed by atoms with Crippen molar-refractivity contribution in [1.82, 2.24) is 15.0 Å². The van der Waals surface area contributed by atoms with Crippen LogP contribution in [0.5, 0.6) is 17.2 Å². The Morgan fingerprint density at radius 1 is 0.729 bits per heavy atom. The van der Waals surface area contributed by atoms with Gasteiger partial charge in [0.1, 0.15) is 30.4 Å². The van der Waals surface area contributed by atoms with Gasteiger partial charge in [-0.25, -0.2) is 9.97 Å². The summed E-state index contributed by atoms with van der Waals surface area (Å²) in [7, 11) is 1.54. The van der Waals surface area contributed by atoms with E-state index < -0.39 is 0 Å². The zero-order chi connectivity index (χ0) is 33.3. The van der Waals surface area contributed by atoms with Crippen LogP contribution in [0.15, 0.2) is 128 Å². The molecule has 2 aromatic heterocycles. The smallest absolute Gasteiger partial charge is 0.262 e. The Labute approximate surface area is 288 Å². The lowest BCUT2D eigenvalue weighted by atomic mass is 10.1. The van der Waals surface area contributed by atoms with E-state index in [0.29, 0.717) is 35.2 Å². The van der Waals surface area contributed by atoms with Crippen LogP contribution in [-0.2, 0) is 19.8 Å². The van der Waals surface area contributed by atoms with Crippen LogP contribution in [0.25, 0.3) is 11.3 Å². The summed E-state index contributed by atoms with van der Waals surface area (Å²) in [6.45, 7) is 0.770. The Hall–Kier alpha value is -5.44. The molecule has 0 radical (unpaired) electrons. The summed E-state index contributed by atoms with van der Waals surface area (Å²) in [6.07, 6.45) is 4.93. The van der Waals surface area contributed by atoms with E-state index in [2.05, 4.69) is 15.0 Å². The second kappa shape index (κ2) is 15.4. The highest BCUT2D eigenvalue weighted by Gasteiger charge is 2.25. The molecule has 0 spiro atoms. The maximum absolute atomic E-state index is 14.6. The molecular weight excluding hydrogens is 647 g/mol. The lowest BCUT2D eigenvalue weighted by Gasteiger charge is -2.25. The summed E-state index contributed by atoms with van der Waals surface area (Å²) in [5.74, 6) is 0.888. The summed E-state index contributed by atoms with van der Waals surface area (Å²) >= 11 is 12.9. The molecule has 0 unspecified atom stereocenters. The fourth-order valence-corrected chi connectivity index (χ4v) is 5.36. The fraction of sp³-hybridized carbons (Fsp3) is 0.105. The molecule has 0 aliphatic carbocycles. The lowest BCUT2D eigenvalue weighted by Crippen LogP contribution is -2.31. The van der Waals surface area contributed by atoms with E-state index in [1.807, 2.05) is 97.1 Å². The average molecular weight is 678 g/mol. The van der Waals surface area contributed by atoms with Crippen molar-refractivity contribution in [3.63, 3.8) is 0 Å². The Morgan fingerprint density at radius 2 is 1.38 bits per heavy atom. The second-order valence-corrected chi connectivity index (χ2v) is 11.4. The molecule has 0 N–H and O–H groups in total. The Balaban J connectivity index is 1.37. The van der Waals surface area contributed by atoms with Gasteiger partial charge < -0.3 is 19.1 Å². The van der Waals surface area contributed by atoms with Gasteiger partial charge in [0, 0.05) is 29.7 Å². The first-order valence-corrected chi connectivity index (χ1v) is 15.8. The number of hydrogen-bond donors (Lipinski definition) is 0. The highest BCUT2D eigenvalue weighted by Crippen LogP contribution is 2.36. The molecule has 6 rings (SSSR count). The van der Waals surface area contributed by atoms with Gasteiger partial charge in [0.05, 0.1) is 30.4 Å². The van der Waals surface area contributed by atoms with Crippen molar-refractivity contribution in [2.24, 2.45) is 0 Å². The van der Waals surface area contributed by atoms with E-state index in [9.17, 15) is 4.79 Å². The SMILES string of the molecule is COc1cnc(Cl)nc1-c1ccc(N(Cc2cccnc2)C(=O)c2cc(Cl)c(OCc3ccccc3)cc2OCc2ccccc2)cc1. The molecule has 4 aromatic carbocycles. The molecule has 6 aromatic rings. The Kier molecular flexibility index (Phi) is 10.4. The maximum Gasteiger partial charge on any atom is 0.262 e. The number of amides is 1. The molecule has 0 aliphatic rings. The average Bonchev–Trinajstić information content (AvgIpc) is 3.14. The van der Waals surface area contributed by atoms with Crippen LogP contribution in [0.1, 0.15) is 27.0 Å². The normalized spacial score (nSPS) is 10.7. The van der Waals surface area contributed by atoms with Crippen molar-refractivity contribution in [2.45, 2.75) is 19.8 Å². The predicted molar refractivity (Wildman–Crippen MR) is 187 cm³/mol. The molecule has 0 saturated heterocycles. The monoisotopic (exact) mass is 676 g/mol. The number of pyridine rings is 1. The molecule has 0 aliphatic heterocycles. The summed E-state index contributed by atoms with van der Waals surface area (Å²) in [5, 5.41) is 0.380. The first-order chi connectivity index (χ1) is 23.5. The van der Waals surface area contributed by atoms with Gasteiger partial charge in [-0.15, -0.1) is 0 Å². The number of methoxy groups -OCH3 is 1. The summed E-state index contributed by atoms with van der Waals surface area (Å²) in [5.41, 5.74) is 4.93. The fourth-order valence-electron chi connectivity index (χ4n) is 5.01. The van der Waals surface area contributed by atoms with Gasteiger partial charge >= 0.3 is 0 Å². The molecule has 2 heterocycles. The molecule has 0 atom stereocenters. The first-order valence-electron chi connectivity index (χ1n) is 15.0. The van der Waals surface area contributed by atoms with Crippen LogP contribution in [0.3, 0.4) is 0 Å². The van der Waals surface area contributed by atoms with Crippen LogP contribution >= 0.6 is 23.2 Å². The number of ether oxygens (including phenoxy) is 3. The van der Waals surface area contributed by atoms with E-state index in [4.69, 9.17) is 37.4 Å². The number of carbonyl (C=O) groups excluding carboxylic acids is 1. The minimum absolute atomic E-state index is 0.0966. The molecule has 0 saturated carbocycles. The minimum Gasteiger partial charge on any atom is -0.493 e. The van der Waals surface area contributed by atoms with E-state index in [0.717, 1.165) is 22.3 Å². The van der Waals surface area contributed by atoms with E-state index in [-0.39, 0.29) is 34.9 Å². The number of halogens is 2. The highest BCUT2D eigenvalue weighted by atomic mass is 35.5. The Morgan fingerprint density at radius 3 is 2.00 bits per heavy atom. The van der Waals surface area contributed by atoms with Crippen LogP contribution < -0.4 is 19.1 Å². The van der Waals surface area contributed by atoms with E-state index in [1.165, 1.54) is 6.20 Å². The van der Waals surface area contributed by atoms with Gasteiger partial charge in [0.15, 0.2) is 5.75 Å². The Bertz CT molecular complexity index is 1980. The van der Waals surface area contributed by atoms with Gasteiger partial charge in [-0.2, -0.15) is 0 Å². The van der Waals surface area contributed by atoms with Crippen LogP contribution in [0.4, 0.5) is 5.69 Å². The third kappa shape index (κ3) is 7.91. The first kappa shape index (κ1) is 32.5. The third-order valence-electron chi connectivity index (χ3n) is 7.45. The molecule has 240 valence electrons. The molecule has 8 nitrogen and oxygen atoms in total. The largest absolute Gasteiger partial charge is 0.493 e. The van der Waals surface area contributed by atoms with Gasteiger partial charge in [-0.05, 0) is 52.6 Å². The molecule has 10 heteroatoms. The zero-order valence-corrected chi connectivity index (χ0v) is 27.4.